The van der Waals surface area contributed by atoms with Gasteiger partial charge < -0.3 is 14.6 Å². The van der Waals surface area contributed by atoms with E-state index < -0.39 is 6.10 Å². The van der Waals surface area contributed by atoms with Crippen LogP contribution in [0.25, 0.3) is 0 Å². The predicted octanol–water partition coefficient (Wildman–Crippen LogP) is 2.34. The molecule has 0 aliphatic carbocycles. The van der Waals surface area contributed by atoms with Crippen molar-refractivity contribution in [1.29, 1.82) is 0 Å². The molecule has 0 amide bonds. The number of rotatable bonds is 5. The van der Waals surface area contributed by atoms with Gasteiger partial charge in [-0.3, -0.25) is 4.79 Å². The number of carbonyl (C=O) groups is 1. The van der Waals surface area contributed by atoms with Crippen LogP contribution in [0.5, 0.6) is 5.75 Å². The van der Waals surface area contributed by atoms with E-state index in [9.17, 15) is 9.90 Å². The molecule has 0 heterocycles. The number of hydrogen-bond donors (Lipinski definition) is 1. The number of carbonyl (C=O) groups excluding carboxylic acids is 1. The molecule has 1 aromatic carbocycles. The van der Waals surface area contributed by atoms with Crippen LogP contribution >= 0.6 is 11.6 Å². The molecule has 1 aromatic rings. The van der Waals surface area contributed by atoms with Gasteiger partial charge in [0.25, 0.3) is 0 Å². The Bertz CT molecular complexity index is 390. The number of methoxy groups -OCH3 is 1. The van der Waals surface area contributed by atoms with Crippen LogP contribution in [-0.4, -0.2) is 24.8 Å². The van der Waals surface area contributed by atoms with E-state index in [0.29, 0.717) is 16.3 Å². The smallest absolute Gasteiger partial charge is 0.308 e. The summed E-state index contributed by atoms with van der Waals surface area (Å²) in [7, 11) is 1.33. The largest absolute Gasteiger partial charge is 0.493 e. The Morgan fingerprint density at radius 1 is 1.53 bits per heavy atom. The highest BCUT2D eigenvalue weighted by Crippen LogP contribution is 2.28. The highest BCUT2D eigenvalue weighted by molar-refractivity contribution is 6.30. The number of hydrogen-bond acceptors (Lipinski definition) is 4. The van der Waals surface area contributed by atoms with E-state index in [1.807, 2.05) is 0 Å². The van der Waals surface area contributed by atoms with Crippen LogP contribution in [0, 0.1) is 0 Å². The maximum absolute atomic E-state index is 10.9. The lowest BCUT2D eigenvalue weighted by Crippen LogP contribution is -2.09. The molecule has 0 spiro atoms. The van der Waals surface area contributed by atoms with Gasteiger partial charge in [-0.15, -0.1) is 0 Å². The fourth-order valence-corrected chi connectivity index (χ4v) is 1.50. The SMILES string of the molecule is COC(=O)CCOc1ccc(Cl)cc1C(C)O. The average molecular weight is 259 g/mol. The highest BCUT2D eigenvalue weighted by Gasteiger charge is 2.10. The van der Waals surface area contributed by atoms with Gasteiger partial charge in [0.05, 0.1) is 26.2 Å². The number of ether oxygens (including phenoxy) is 2. The molecule has 0 radical (unpaired) electrons. The second-order valence-electron chi connectivity index (χ2n) is 3.53. The van der Waals surface area contributed by atoms with Gasteiger partial charge >= 0.3 is 5.97 Å². The summed E-state index contributed by atoms with van der Waals surface area (Å²) in [4.78, 5) is 10.9. The Hall–Kier alpha value is -1.26. The third kappa shape index (κ3) is 4.24. The molecule has 17 heavy (non-hydrogen) atoms. The van der Waals surface area contributed by atoms with Crippen molar-refractivity contribution in [2.45, 2.75) is 19.4 Å². The second-order valence-corrected chi connectivity index (χ2v) is 3.97. The predicted molar refractivity (Wildman–Crippen MR) is 64.2 cm³/mol. The van der Waals surface area contributed by atoms with Gasteiger partial charge in [0.15, 0.2) is 0 Å². The summed E-state index contributed by atoms with van der Waals surface area (Å²) in [6.07, 6.45) is -0.514. The lowest BCUT2D eigenvalue weighted by Gasteiger charge is -2.13. The minimum absolute atomic E-state index is 0.165. The summed E-state index contributed by atoms with van der Waals surface area (Å²) in [6, 6.07) is 4.97. The molecule has 0 aliphatic heterocycles. The first-order chi connectivity index (χ1) is 8.04. The van der Waals surface area contributed by atoms with E-state index >= 15 is 0 Å². The molecule has 1 N–H and O–H groups in total. The Balaban J connectivity index is 2.67. The van der Waals surface area contributed by atoms with Gasteiger partial charge in [-0.05, 0) is 25.1 Å². The van der Waals surface area contributed by atoms with Gasteiger partial charge in [-0.2, -0.15) is 0 Å². The Morgan fingerprint density at radius 3 is 2.82 bits per heavy atom. The molecule has 1 unspecified atom stereocenters. The first-order valence-electron chi connectivity index (χ1n) is 5.21. The molecule has 0 saturated carbocycles. The second kappa shape index (κ2) is 6.47. The molecule has 0 fully saturated rings. The van der Waals surface area contributed by atoms with Crippen LogP contribution < -0.4 is 4.74 Å². The van der Waals surface area contributed by atoms with Crippen molar-refractivity contribution in [3.8, 4) is 5.75 Å². The number of halogens is 1. The molecular weight excluding hydrogens is 244 g/mol. The van der Waals surface area contributed by atoms with Gasteiger partial charge in [0, 0.05) is 10.6 Å². The fourth-order valence-electron chi connectivity index (χ4n) is 1.32. The molecule has 0 aliphatic rings. The zero-order chi connectivity index (χ0) is 12.8. The van der Waals surface area contributed by atoms with Crippen LogP contribution in [0.2, 0.25) is 5.02 Å². The van der Waals surface area contributed by atoms with E-state index in [-0.39, 0.29) is 19.0 Å². The molecular formula is C12H15ClO4. The quantitative estimate of drug-likeness (QED) is 0.824. The molecule has 1 rings (SSSR count). The summed E-state index contributed by atoms with van der Waals surface area (Å²) >= 11 is 5.83. The van der Waals surface area contributed by atoms with Gasteiger partial charge in [-0.25, -0.2) is 0 Å². The normalized spacial score (nSPS) is 12.0. The average Bonchev–Trinajstić information content (AvgIpc) is 2.30. The minimum Gasteiger partial charge on any atom is -0.493 e. The number of esters is 1. The molecule has 94 valence electrons. The van der Waals surface area contributed by atoms with E-state index in [1.165, 1.54) is 7.11 Å². The molecule has 0 aromatic heterocycles. The summed E-state index contributed by atoms with van der Waals surface area (Å²) in [5.74, 6) is 0.186. The Kier molecular flexibility index (Phi) is 5.25. The molecule has 0 bridgehead atoms. The van der Waals surface area contributed by atoms with Crippen LogP contribution in [0.4, 0.5) is 0 Å². The minimum atomic E-state index is -0.679. The lowest BCUT2D eigenvalue weighted by atomic mass is 10.1. The van der Waals surface area contributed by atoms with Crippen LogP contribution in [0.1, 0.15) is 25.0 Å². The van der Waals surface area contributed by atoms with Crippen LogP contribution in [0.3, 0.4) is 0 Å². The van der Waals surface area contributed by atoms with Gasteiger partial charge in [0.1, 0.15) is 5.75 Å². The monoisotopic (exact) mass is 258 g/mol. The first kappa shape index (κ1) is 13.8. The third-order valence-electron chi connectivity index (χ3n) is 2.21. The van der Waals surface area contributed by atoms with Crippen molar-refractivity contribution in [3.63, 3.8) is 0 Å². The summed E-state index contributed by atoms with van der Waals surface area (Å²) in [5, 5.41) is 10.1. The van der Waals surface area contributed by atoms with E-state index in [2.05, 4.69) is 4.74 Å². The zero-order valence-corrected chi connectivity index (χ0v) is 10.5. The summed E-state index contributed by atoms with van der Waals surface area (Å²) < 4.78 is 9.90. The van der Waals surface area contributed by atoms with E-state index in [1.54, 1.807) is 25.1 Å². The molecule has 5 heteroatoms. The van der Waals surface area contributed by atoms with E-state index in [0.717, 1.165) is 0 Å². The van der Waals surface area contributed by atoms with Crippen molar-refractivity contribution in [3.05, 3.63) is 28.8 Å². The Labute approximate surface area is 105 Å². The maximum atomic E-state index is 10.9. The van der Waals surface area contributed by atoms with Crippen molar-refractivity contribution in [1.82, 2.24) is 0 Å². The lowest BCUT2D eigenvalue weighted by molar-refractivity contribution is -0.141. The van der Waals surface area contributed by atoms with Gasteiger partial charge in [0.2, 0.25) is 0 Å². The van der Waals surface area contributed by atoms with Crippen molar-refractivity contribution >= 4 is 17.6 Å². The number of benzene rings is 1. The summed E-state index contributed by atoms with van der Waals surface area (Å²) in [5.41, 5.74) is 0.599. The summed E-state index contributed by atoms with van der Waals surface area (Å²) in [6.45, 7) is 1.83. The zero-order valence-electron chi connectivity index (χ0n) is 9.77. The Morgan fingerprint density at radius 2 is 2.24 bits per heavy atom. The van der Waals surface area contributed by atoms with Crippen molar-refractivity contribution < 1.29 is 19.4 Å². The first-order valence-corrected chi connectivity index (χ1v) is 5.59. The number of aliphatic hydroxyl groups excluding tert-OH is 1. The fraction of sp³-hybridized carbons (Fsp3) is 0.417. The standard InChI is InChI=1S/C12H15ClO4/c1-8(14)10-7-9(13)3-4-11(10)17-6-5-12(15)16-2/h3-4,7-8,14H,5-6H2,1-2H3. The molecule has 0 saturated heterocycles. The van der Waals surface area contributed by atoms with Gasteiger partial charge in [-0.1, -0.05) is 11.6 Å². The third-order valence-corrected chi connectivity index (χ3v) is 2.45. The van der Waals surface area contributed by atoms with E-state index in [4.69, 9.17) is 16.3 Å². The van der Waals surface area contributed by atoms with Crippen LogP contribution in [0.15, 0.2) is 18.2 Å². The maximum Gasteiger partial charge on any atom is 0.308 e. The number of aliphatic hydroxyl groups is 1. The van der Waals surface area contributed by atoms with Crippen molar-refractivity contribution in [2.75, 3.05) is 13.7 Å². The van der Waals surface area contributed by atoms with Crippen LogP contribution in [-0.2, 0) is 9.53 Å². The topological polar surface area (TPSA) is 55.8 Å². The molecule has 4 nitrogen and oxygen atoms in total. The molecule has 1 atom stereocenters. The highest BCUT2D eigenvalue weighted by atomic mass is 35.5. The van der Waals surface area contributed by atoms with Crippen molar-refractivity contribution in [2.24, 2.45) is 0 Å².